The van der Waals surface area contributed by atoms with Crippen molar-refractivity contribution in [1.29, 1.82) is 0 Å². The Balaban J connectivity index is 1.94. The van der Waals surface area contributed by atoms with Gasteiger partial charge in [0.05, 0.1) is 12.2 Å². The molecule has 1 heterocycles. The quantitative estimate of drug-likeness (QED) is 0.711. The molecule has 2 aromatic carbocycles. The minimum Gasteiger partial charge on any atom is -0.268 e. The molecule has 1 aromatic heterocycles. The smallest absolute Gasteiger partial charge is 0.267 e. The van der Waals surface area contributed by atoms with Crippen LogP contribution in [0.1, 0.15) is 11.1 Å². The van der Waals surface area contributed by atoms with Crippen molar-refractivity contribution >= 4 is 15.9 Å². The molecule has 0 aliphatic rings. The highest BCUT2D eigenvalue weighted by Crippen LogP contribution is 2.18. The summed E-state index contributed by atoms with van der Waals surface area (Å²) in [4.78, 5) is 12.0. The molecule has 0 saturated carbocycles. The van der Waals surface area contributed by atoms with E-state index in [0.717, 1.165) is 21.3 Å². The fourth-order valence-electron chi connectivity index (χ4n) is 2.20. The van der Waals surface area contributed by atoms with Crippen molar-refractivity contribution in [1.82, 2.24) is 9.78 Å². The summed E-state index contributed by atoms with van der Waals surface area (Å²) in [5, 5.41) is 4.48. The molecule has 0 aliphatic heterocycles. The summed E-state index contributed by atoms with van der Waals surface area (Å²) in [6.07, 6.45) is 0. The standard InChI is InChI=1S/C18H15BrN2O/c1-13-2-4-14(5-3-13)12-21-18(22)11-10-17(20-21)15-6-8-16(19)9-7-15/h2-11H,12H2,1H3. The van der Waals surface area contributed by atoms with Crippen molar-refractivity contribution in [2.45, 2.75) is 13.5 Å². The second-order valence-corrected chi connectivity index (χ2v) is 6.12. The Morgan fingerprint density at radius 1 is 0.955 bits per heavy atom. The zero-order valence-electron chi connectivity index (χ0n) is 12.2. The van der Waals surface area contributed by atoms with E-state index in [1.54, 1.807) is 12.1 Å². The van der Waals surface area contributed by atoms with Crippen LogP contribution in [-0.4, -0.2) is 9.78 Å². The van der Waals surface area contributed by atoms with Crippen LogP contribution in [0.15, 0.2) is 69.9 Å². The summed E-state index contributed by atoms with van der Waals surface area (Å²) < 4.78 is 2.52. The van der Waals surface area contributed by atoms with E-state index in [1.165, 1.54) is 10.2 Å². The van der Waals surface area contributed by atoms with Crippen molar-refractivity contribution in [3.63, 3.8) is 0 Å². The first-order valence-electron chi connectivity index (χ1n) is 7.01. The van der Waals surface area contributed by atoms with Crippen LogP contribution in [0, 0.1) is 6.92 Å². The fourth-order valence-corrected chi connectivity index (χ4v) is 2.47. The van der Waals surface area contributed by atoms with Crippen molar-refractivity contribution in [2.24, 2.45) is 0 Å². The Labute approximate surface area is 137 Å². The van der Waals surface area contributed by atoms with Gasteiger partial charge in [0, 0.05) is 16.1 Å². The third kappa shape index (κ3) is 3.34. The number of aryl methyl sites for hydroxylation is 1. The van der Waals surface area contributed by atoms with Gasteiger partial charge in [-0.25, -0.2) is 4.68 Å². The third-order valence-electron chi connectivity index (χ3n) is 3.46. The normalized spacial score (nSPS) is 10.6. The number of hydrogen-bond donors (Lipinski definition) is 0. The molecule has 0 fully saturated rings. The third-order valence-corrected chi connectivity index (χ3v) is 3.99. The first-order valence-corrected chi connectivity index (χ1v) is 7.81. The highest BCUT2D eigenvalue weighted by molar-refractivity contribution is 9.10. The van der Waals surface area contributed by atoms with Crippen LogP contribution in [0.5, 0.6) is 0 Å². The van der Waals surface area contributed by atoms with Crippen LogP contribution in [0.4, 0.5) is 0 Å². The summed E-state index contributed by atoms with van der Waals surface area (Å²) in [5.41, 5.74) is 3.95. The van der Waals surface area contributed by atoms with Crippen LogP contribution >= 0.6 is 15.9 Å². The van der Waals surface area contributed by atoms with E-state index in [0.29, 0.717) is 6.54 Å². The largest absolute Gasteiger partial charge is 0.268 e. The summed E-state index contributed by atoms with van der Waals surface area (Å²) in [7, 11) is 0. The van der Waals surface area contributed by atoms with Gasteiger partial charge in [-0.3, -0.25) is 4.79 Å². The molecule has 22 heavy (non-hydrogen) atoms. The van der Waals surface area contributed by atoms with Crippen molar-refractivity contribution < 1.29 is 0 Å². The lowest BCUT2D eigenvalue weighted by Gasteiger charge is -2.08. The minimum atomic E-state index is -0.0959. The predicted molar refractivity (Wildman–Crippen MR) is 91.9 cm³/mol. The second-order valence-electron chi connectivity index (χ2n) is 5.21. The van der Waals surface area contributed by atoms with Gasteiger partial charge in [-0.1, -0.05) is 57.9 Å². The number of aromatic nitrogens is 2. The minimum absolute atomic E-state index is 0.0959. The molecule has 3 aromatic rings. The van der Waals surface area contributed by atoms with Crippen molar-refractivity contribution in [3.8, 4) is 11.3 Å². The molecule has 0 bridgehead atoms. The molecule has 0 N–H and O–H groups in total. The maximum absolute atomic E-state index is 12.0. The van der Waals surface area contributed by atoms with Gasteiger partial charge < -0.3 is 0 Å². The van der Waals surface area contributed by atoms with Gasteiger partial charge >= 0.3 is 0 Å². The van der Waals surface area contributed by atoms with E-state index < -0.39 is 0 Å². The lowest BCUT2D eigenvalue weighted by Crippen LogP contribution is -2.22. The van der Waals surface area contributed by atoms with Gasteiger partial charge in [0.1, 0.15) is 0 Å². The SMILES string of the molecule is Cc1ccc(Cn2nc(-c3ccc(Br)cc3)ccc2=O)cc1. The summed E-state index contributed by atoms with van der Waals surface area (Å²) in [5.74, 6) is 0. The van der Waals surface area contributed by atoms with E-state index >= 15 is 0 Å². The lowest BCUT2D eigenvalue weighted by atomic mass is 10.1. The average molecular weight is 355 g/mol. The summed E-state index contributed by atoms with van der Waals surface area (Å²) >= 11 is 3.42. The van der Waals surface area contributed by atoms with Crippen LogP contribution in [0.2, 0.25) is 0 Å². The molecular formula is C18H15BrN2O. The number of rotatable bonds is 3. The molecule has 4 heteroatoms. The molecule has 3 nitrogen and oxygen atoms in total. The van der Waals surface area contributed by atoms with Crippen LogP contribution < -0.4 is 5.56 Å². The molecule has 0 amide bonds. The van der Waals surface area contributed by atoms with Gasteiger partial charge in [-0.05, 0) is 30.7 Å². The second kappa shape index (κ2) is 6.28. The lowest BCUT2D eigenvalue weighted by molar-refractivity contribution is 0.642. The Bertz CT molecular complexity index is 836. The van der Waals surface area contributed by atoms with Gasteiger partial charge in [0.15, 0.2) is 0 Å². The van der Waals surface area contributed by atoms with Crippen molar-refractivity contribution in [2.75, 3.05) is 0 Å². The number of nitrogens with zero attached hydrogens (tertiary/aromatic N) is 2. The Morgan fingerprint density at radius 2 is 1.64 bits per heavy atom. The first-order chi connectivity index (χ1) is 10.6. The number of benzene rings is 2. The average Bonchev–Trinajstić information content (AvgIpc) is 2.52. The highest BCUT2D eigenvalue weighted by atomic mass is 79.9. The molecule has 3 rings (SSSR count). The topological polar surface area (TPSA) is 34.9 Å². The van der Waals surface area contributed by atoms with Gasteiger partial charge in [0.2, 0.25) is 0 Å². The number of halogens is 1. The zero-order chi connectivity index (χ0) is 15.5. The van der Waals surface area contributed by atoms with Crippen LogP contribution in [-0.2, 0) is 6.54 Å². The maximum atomic E-state index is 12.0. The molecule has 0 atom stereocenters. The predicted octanol–water partition coefficient (Wildman–Crippen LogP) is 4.03. The summed E-state index contributed by atoms with van der Waals surface area (Å²) in [6, 6.07) is 19.3. The molecule has 0 radical (unpaired) electrons. The van der Waals surface area contributed by atoms with Crippen molar-refractivity contribution in [3.05, 3.63) is 86.6 Å². The van der Waals surface area contributed by atoms with E-state index in [2.05, 4.69) is 21.0 Å². The molecule has 0 aliphatic carbocycles. The van der Waals surface area contributed by atoms with E-state index in [4.69, 9.17) is 0 Å². The van der Waals surface area contributed by atoms with Crippen LogP contribution in [0.25, 0.3) is 11.3 Å². The van der Waals surface area contributed by atoms with E-state index in [-0.39, 0.29) is 5.56 Å². The van der Waals surface area contributed by atoms with Gasteiger partial charge in [0.25, 0.3) is 5.56 Å². The maximum Gasteiger partial charge on any atom is 0.267 e. The Hall–Kier alpha value is -2.20. The Morgan fingerprint density at radius 3 is 2.32 bits per heavy atom. The van der Waals surface area contributed by atoms with E-state index in [1.807, 2.05) is 55.5 Å². The van der Waals surface area contributed by atoms with Gasteiger partial charge in [-0.2, -0.15) is 5.10 Å². The molecule has 0 spiro atoms. The first kappa shape index (κ1) is 14.7. The summed E-state index contributed by atoms with van der Waals surface area (Å²) in [6.45, 7) is 2.52. The molecular weight excluding hydrogens is 340 g/mol. The molecule has 0 unspecified atom stereocenters. The van der Waals surface area contributed by atoms with Crippen LogP contribution in [0.3, 0.4) is 0 Å². The Kier molecular flexibility index (Phi) is 4.20. The molecule has 110 valence electrons. The highest BCUT2D eigenvalue weighted by Gasteiger charge is 2.04. The van der Waals surface area contributed by atoms with E-state index in [9.17, 15) is 4.79 Å². The van der Waals surface area contributed by atoms with Gasteiger partial charge in [-0.15, -0.1) is 0 Å². The molecule has 0 saturated heterocycles. The monoisotopic (exact) mass is 354 g/mol. The fraction of sp³-hybridized carbons (Fsp3) is 0.111. The number of hydrogen-bond acceptors (Lipinski definition) is 2. The zero-order valence-corrected chi connectivity index (χ0v) is 13.7.